The summed E-state index contributed by atoms with van der Waals surface area (Å²) >= 11 is 6.00. The number of ether oxygens (including phenoxy) is 1. The van der Waals surface area contributed by atoms with E-state index < -0.39 is 0 Å². The summed E-state index contributed by atoms with van der Waals surface area (Å²) in [5.74, 6) is 0.543. The van der Waals surface area contributed by atoms with Gasteiger partial charge in [0.15, 0.2) is 6.29 Å². The second kappa shape index (κ2) is 4.67. The maximum Gasteiger partial charge on any atom is 0.153 e. The molecule has 0 spiro atoms. The van der Waals surface area contributed by atoms with Crippen LogP contribution >= 0.6 is 11.6 Å². The largest absolute Gasteiger partial charge is 0.488 e. The normalized spacial score (nSPS) is 16.6. The minimum absolute atomic E-state index is 0.226. The standard InChI is InChI=1S/C12H13ClO2/c13-11-7-3-4-9(8-14)12(11)15-10-5-1-2-6-10/h3-4,7-8,10H,1-2,5-6H2. The number of hydrogen-bond acceptors (Lipinski definition) is 2. The van der Waals surface area contributed by atoms with Crippen LogP contribution in [0, 0.1) is 0 Å². The predicted molar refractivity (Wildman–Crippen MR) is 59.7 cm³/mol. The van der Waals surface area contributed by atoms with Crippen molar-refractivity contribution in [3.8, 4) is 5.75 Å². The monoisotopic (exact) mass is 224 g/mol. The van der Waals surface area contributed by atoms with E-state index in [9.17, 15) is 4.79 Å². The Morgan fingerprint density at radius 3 is 2.73 bits per heavy atom. The minimum Gasteiger partial charge on any atom is -0.488 e. The maximum absolute atomic E-state index is 10.8. The van der Waals surface area contributed by atoms with Gasteiger partial charge in [0, 0.05) is 0 Å². The van der Waals surface area contributed by atoms with E-state index in [1.54, 1.807) is 18.2 Å². The van der Waals surface area contributed by atoms with Gasteiger partial charge in [-0.25, -0.2) is 0 Å². The topological polar surface area (TPSA) is 26.3 Å². The van der Waals surface area contributed by atoms with E-state index in [0.717, 1.165) is 19.1 Å². The van der Waals surface area contributed by atoms with Gasteiger partial charge in [0.2, 0.25) is 0 Å². The lowest BCUT2D eigenvalue weighted by Crippen LogP contribution is -2.12. The zero-order chi connectivity index (χ0) is 10.7. The van der Waals surface area contributed by atoms with E-state index in [1.165, 1.54) is 12.8 Å². The zero-order valence-electron chi connectivity index (χ0n) is 8.41. The molecule has 80 valence electrons. The molecule has 1 aliphatic carbocycles. The SMILES string of the molecule is O=Cc1cccc(Cl)c1OC1CCCC1. The lowest BCUT2D eigenvalue weighted by Gasteiger charge is -2.15. The summed E-state index contributed by atoms with van der Waals surface area (Å²) in [5, 5.41) is 0.520. The van der Waals surface area contributed by atoms with E-state index >= 15 is 0 Å². The van der Waals surface area contributed by atoms with Crippen molar-refractivity contribution >= 4 is 17.9 Å². The molecule has 3 heteroatoms. The second-order valence-corrected chi connectivity index (χ2v) is 4.21. The number of halogens is 1. The highest BCUT2D eigenvalue weighted by atomic mass is 35.5. The van der Waals surface area contributed by atoms with Crippen LogP contribution in [-0.2, 0) is 0 Å². The highest BCUT2D eigenvalue weighted by Crippen LogP contribution is 2.31. The third-order valence-electron chi connectivity index (χ3n) is 2.71. The average Bonchev–Trinajstić information content (AvgIpc) is 2.74. The number of benzene rings is 1. The Morgan fingerprint density at radius 2 is 2.07 bits per heavy atom. The van der Waals surface area contributed by atoms with Gasteiger partial charge < -0.3 is 4.74 Å². The Labute approximate surface area is 94.2 Å². The molecule has 0 amide bonds. The van der Waals surface area contributed by atoms with Gasteiger partial charge in [0.05, 0.1) is 16.7 Å². The molecule has 0 N–H and O–H groups in total. The van der Waals surface area contributed by atoms with Crippen LogP contribution in [0.2, 0.25) is 5.02 Å². The highest BCUT2D eigenvalue weighted by molar-refractivity contribution is 6.32. The van der Waals surface area contributed by atoms with Gasteiger partial charge in [-0.2, -0.15) is 0 Å². The number of carbonyl (C=O) groups excluding carboxylic acids is 1. The van der Waals surface area contributed by atoms with Crippen molar-refractivity contribution < 1.29 is 9.53 Å². The van der Waals surface area contributed by atoms with Crippen LogP contribution in [0.4, 0.5) is 0 Å². The summed E-state index contributed by atoms with van der Waals surface area (Å²) in [4.78, 5) is 10.8. The van der Waals surface area contributed by atoms with Crippen molar-refractivity contribution in [2.75, 3.05) is 0 Å². The lowest BCUT2D eigenvalue weighted by molar-refractivity contribution is 0.111. The summed E-state index contributed by atoms with van der Waals surface area (Å²) in [6, 6.07) is 5.23. The van der Waals surface area contributed by atoms with Crippen molar-refractivity contribution in [3.63, 3.8) is 0 Å². The molecule has 1 aromatic rings. The quantitative estimate of drug-likeness (QED) is 0.735. The molecule has 0 saturated heterocycles. The number of hydrogen-bond donors (Lipinski definition) is 0. The van der Waals surface area contributed by atoms with Gasteiger partial charge in [-0.15, -0.1) is 0 Å². The van der Waals surface area contributed by atoms with Gasteiger partial charge in [0.1, 0.15) is 5.75 Å². The third kappa shape index (κ3) is 2.32. The summed E-state index contributed by atoms with van der Waals surface area (Å²) in [6.07, 6.45) is 5.53. The molecule has 2 nitrogen and oxygen atoms in total. The highest BCUT2D eigenvalue weighted by Gasteiger charge is 2.19. The van der Waals surface area contributed by atoms with Crippen LogP contribution in [0.1, 0.15) is 36.0 Å². The number of carbonyl (C=O) groups is 1. The Morgan fingerprint density at radius 1 is 1.33 bits per heavy atom. The molecule has 15 heavy (non-hydrogen) atoms. The molecule has 0 unspecified atom stereocenters. The van der Waals surface area contributed by atoms with Crippen molar-refractivity contribution in [1.29, 1.82) is 0 Å². The molecule has 1 aliphatic rings. The molecule has 2 rings (SSSR count). The minimum atomic E-state index is 0.226. The lowest BCUT2D eigenvalue weighted by atomic mass is 10.2. The molecule has 0 aromatic heterocycles. The Balaban J connectivity index is 2.21. The summed E-state index contributed by atoms with van der Waals surface area (Å²) in [7, 11) is 0. The Kier molecular flexibility index (Phi) is 3.27. The zero-order valence-corrected chi connectivity index (χ0v) is 9.17. The van der Waals surface area contributed by atoms with Gasteiger partial charge in [-0.3, -0.25) is 4.79 Å². The smallest absolute Gasteiger partial charge is 0.153 e. The van der Waals surface area contributed by atoms with Crippen LogP contribution in [0.25, 0.3) is 0 Å². The first kappa shape index (κ1) is 10.5. The molecule has 0 radical (unpaired) electrons. The van der Waals surface area contributed by atoms with Crippen molar-refractivity contribution in [2.45, 2.75) is 31.8 Å². The van der Waals surface area contributed by atoms with Crippen LogP contribution in [0.5, 0.6) is 5.75 Å². The van der Waals surface area contributed by atoms with E-state index in [-0.39, 0.29) is 6.10 Å². The fourth-order valence-electron chi connectivity index (χ4n) is 1.92. The first-order valence-corrected chi connectivity index (χ1v) is 5.59. The van der Waals surface area contributed by atoms with E-state index in [4.69, 9.17) is 16.3 Å². The van der Waals surface area contributed by atoms with Crippen LogP contribution < -0.4 is 4.74 Å². The molecule has 0 bridgehead atoms. The molecular formula is C12H13ClO2. The van der Waals surface area contributed by atoms with Gasteiger partial charge >= 0.3 is 0 Å². The number of para-hydroxylation sites is 1. The van der Waals surface area contributed by atoms with E-state index in [0.29, 0.717) is 16.3 Å². The van der Waals surface area contributed by atoms with E-state index in [2.05, 4.69) is 0 Å². The summed E-state index contributed by atoms with van der Waals surface area (Å²) in [5.41, 5.74) is 0.536. The summed E-state index contributed by atoms with van der Waals surface area (Å²) < 4.78 is 5.76. The van der Waals surface area contributed by atoms with Crippen LogP contribution in [0.15, 0.2) is 18.2 Å². The number of rotatable bonds is 3. The van der Waals surface area contributed by atoms with Crippen molar-refractivity contribution in [3.05, 3.63) is 28.8 Å². The first-order chi connectivity index (χ1) is 7.31. The molecule has 1 saturated carbocycles. The van der Waals surface area contributed by atoms with E-state index in [1.807, 2.05) is 0 Å². The second-order valence-electron chi connectivity index (χ2n) is 3.80. The molecule has 1 fully saturated rings. The average molecular weight is 225 g/mol. The Hall–Kier alpha value is -1.02. The molecule has 0 heterocycles. The molecule has 0 atom stereocenters. The van der Waals surface area contributed by atoms with Crippen molar-refractivity contribution in [2.24, 2.45) is 0 Å². The maximum atomic E-state index is 10.8. The fourth-order valence-corrected chi connectivity index (χ4v) is 2.14. The molecule has 1 aromatic carbocycles. The summed E-state index contributed by atoms with van der Waals surface area (Å²) in [6.45, 7) is 0. The fraction of sp³-hybridized carbons (Fsp3) is 0.417. The van der Waals surface area contributed by atoms with Crippen LogP contribution in [0.3, 0.4) is 0 Å². The third-order valence-corrected chi connectivity index (χ3v) is 3.01. The van der Waals surface area contributed by atoms with Crippen molar-refractivity contribution in [1.82, 2.24) is 0 Å². The molecular weight excluding hydrogens is 212 g/mol. The van der Waals surface area contributed by atoms with Gasteiger partial charge in [-0.1, -0.05) is 17.7 Å². The number of aldehydes is 1. The first-order valence-electron chi connectivity index (χ1n) is 5.21. The van der Waals surface area contributed by atoms with Gasteiger partial charge in [-0.05, 0) is 37.8 Å². The predicted octanol–water partition coefficient (Wildman–Crippen LogP) is 3.47. The van der Waals surface area contributed by atoms with Gasteiger partial charge in [0.25, 0.3) is 0 Å². The van der Waals surface area contributed by atoms with Crippen LogP contribution in [-0.4, -0.2) is 12.4 Å². The molecule has 0 aliphatic heterocycles. The Bertz CT molecular complexity index is 357.